The molecule has 17 heavy (non-hydrogen) atoms. The second-order valence-electron chi connectivity index (χ2n) is 4.15. The summed E-state index contributed by atoms with van der Waals surface area (Å²) in [5.74, 6) is 0.120. The van der Waals surface area contributed by atoms with E-state index in [1.807, 2.05) is 6.07 Å². The fraction of sp³-hybridized carbons (Fsp3) is 0.417. The number of alkyl halides is 3. The number of nitriles is 1. The lowest BCUT2D eigenvalue weighted by molar-refractivity contribution is -0.138. The molecule has 0 unspecified atom stereocenters. The third-order valence-electron chi connectivity index (χ3n) is 2.48. The molecule has 0 aromatic heterocycles. The van der Waals surface area contributed by atoms with Gasteiger partial charge in [-0.3, -0.25) is 0 Å². The van der Waals surface area contributed by atoms with E-state index in [2.05, 4.69) is 0 Å². The molecule has 0 aliphatic heterocycles. The van der Waals surface area contributed by atoms with Gasteiger partial charge in [0.2, 0.25) is 0 Å². The molecular formula is C12H12F3NO. The average Bonchev–Trinajstić information content (AvgIpc) is 2.27. The summed E-state index contributed by atoms with van der Waals surface area (Å²) in [7, 11) is 1.30. The Balaban J connectivity index is 3.47. The molecule has 1 aromatic rings. The Labute approximate surface area is 97.6 Å². The van der Waals surface area contributed by atoms with Crippen molar-refractivity contribution in [2.75, 3.05) is 7.11 Å². The Morgan fingerprint density at radius 3 is 2.18 bits per heavy atom. The fourth-order valence-electron chi connectivity index (χ4n) is 1.49. The summed E-state index contributed by atoms with van der Waals surface area (Å²) in [6.45, 7) is 2.90. The minimum atomic E-state index is -4.50. The smallest absolute Gasteiger partial charge is 0.416 e. The van der Waals surface area contributed by atoms with E-state index < -0.39 is 17.2 Å². The minimum absolute atomic E-state index is 0.0479. The monoisotopic (exact) mass is 243 g/mol. The molecule has 2 nitrogen and oxygen atoms in total. The van der Waals surface area contributed by atoms with E-state index in [0.717, 1.165) is 6.07 Å². The van der Waals surface area contributed by atoms with Crippen molar-refractivity contribution in [3.05, 3.63) is 29.3 Å². The van der Waals surface area contributed by atoms with E-state index in [-0.39, 0.29) is 11.3 Å². The van der Waals surface area contributed by atoms with Gasteiger partial charge >= 0.3 is 6.18 Å². The highest BCUT2D eigenvalue weighted by molar-refractivity contribution is 5.44. The van der Waals surface area contributed by atoms with Crippen molar-refractivity contribution >= 4 is 0 Å². The summed E-state index contributed by atoms with van der Waals surface area (Å²) >= 11 is 0. The van der Waals surface area contributed by atoms with Gasteiger partial charge in [0.15, 0.2) is 0 Å². The van der Waals surface area contributed by atoms with Crippen LogP contribution in [0.5, 0.6) is 5.75 Å². The lowest BCUT2D eigenvalue weighted by Gasteiger charge is -2.22. The maximum Gasteiger partial charge on any atom is 0.416 e. The van der Waals surface area contributed by atoms with Crippen LogP contribution in [-0.2, 0) is 11.6 Å². The Bertz CT molecular complexity index is 458. The first-order valence-electron chi connectivity index (χ1n) is 4.89. The fourth-order valence-corrected chi connectivity index (χ4v) is 1.49. The van der Waals surface area contributed by atoms with Crippen LogP contribution in [0.4, 0.5) is 13.2 Å². The van der Waals surface area contributed by atoms with E-state index in [1.54, 1.807) is 0 Å². The molecule has 0 aliphatic carbocycles. The van der Waals surface area contributed by atoms with E-state index in [4.69, 9.17) is 10.00 Å². The number of halogens is 3. The van der Waals surface area contributed by atoms with Crippen LogP contribution in [0.1, 0.15) is 25.0 Å². The van der Waals surface area contributed by atoms with Gasteiger partial charge < -0.3 is 4.74 Å². The third-order valence-corrected chi connectivity index (χ3v) is 2.48. The second-order valence-corrected chi connectivity index (χ2v) is 4.15. The Kier molecular flexibility index (Phi) is 3.37. The van der Waals surface area contributed by atoms with Crippen LogP contribution < -0.4 is 4.74 Å². The zero-order valence-corrected chi connectivity index (χ0v) is 9.72. The van der Waals surface area contributed by atoms with Crippen LogP contribution in [0.15, 0.2) is 18.2 Å². The normalized spacial score (nSPS) is 12.1. The van der Waals surface area contributed by atoms with Crippen molar-refractivity contribution in [3.63, 3.8) is 0 Å². The van der Waals surface area contributed by atoms with Crippen LogP contribution in [0.25, 0.3) is 0 Å². The first-order valence-corrected chi connectivity index (χ1v) is 4.89. The quantitative estimate of drug-likeness (QED) is 0.796. The summed E-state index contributed by atoms with van der Waals surface area (Å²) in [4.78, 5) is 0. The summed E-state index contributed by atoms with van der Waals surface area (Å²) < 4.78 is 43.4. The van der Waals surface area contributed by atoms with E-state index in [0.29, 0.717) is 0 Å². The number of rotatable bonds is 2. The van der Waals surface area contributed by atoms with Gasteiger partial charge in [-0.25, -0.2) is 0 Å². The van der Waals surface area contributed by atoms with E-state index in [1.165, 1.54) is 33.1 Å². The molecule has 0 saturated carbocycles. The Morgan fingerprint density at radius 2 is 1.76 bits per heavy atom. The topological polar surface area (TPSA) is 33.0 Å². The number of hydrogen-bond acceptors (Lipinski definition) is 2. The highest BCUT2D eigenvalue weighted by Gasteiger charge is 2.38. The molecule has 0 spiro atoms. The standard InChI is InChI=1S/C12H12F3NO/c1-11(2,7-16)9-5-4-8(17-3)6-10(9)12(13,14)15/h4-6H,1-3H3. The number of ether oxygens (including phenoxy) is 1. The van der Waals surface area contributed by atoms with Crippen molar-refractivity contribution in [1.29, 1.82) is 5.26 Å². The number of benzene rings is 1. The lowest BCUT2D eigenvalue weighted by Crippen LogP contribution is -2.21. The molecule has 0 N–H and O–H groups in total. The molecule has 92 valence electrons. The van der Waals surface area contributed by atoms with Crippen molar-refractivity contribution in [2.24, 2.45) is 0 Å². The van der Waals surface area contributed by atoms with Gasteiger partial charge in [0, 0.05) is 0 Å². The van der Waals surface area contributed by atoms with Gasteiger partial charge in [-0.05, 0) is 31.5 Å². The summed E-state index contributed by atoms with van der Waals surface area (Å²) in [6.07, 6.45) is -4.50. The molecule has 0 bridgehead atoms. The zero-order valence-electron chi connectivity index (χ0n) is 9.72. The molecular weight excluding hydrogens is 231 g/mol. The Hall–Kier alpha value is -1.70. The second kappa shape index (κ2) is 4.28. The van der Waals surface area contributed by atoms with Crippen LogP contribution in [0.2, 0.25) is 0 Å². The van der Waals surface area contributed by atoms with Crippen LogP contribution in [0, 0.1) is 11.3 Å². The predicted octanol–water partition coefficient (Wildman–Crippen LogP) is 3.52. The maximum atomic E-state index is 12.9. The van der Waals surface area contributed by atoms with Crippen molar-refractivity contribution in [1.82, 2.24) is 0 Å². The first-order chi connectivity index (χ1) is 7.72. The van der Waals surface area contributed by atoms with Gasteiger partial charge in [0.25, 0.3) is 0 Å². The number of methoxy groups -OCH3 is 1. The maximum absolute atomic E-state index is 12.9. The highest BCUT2D eigenvalue weighted by Crippen LogP contribution is 2.39. The largest absolute Gasteiger partial charge is 0.497 e. The van der Waals surface area contributed by atoms with Crippen LogP contribution in [0.3, 0.4) is 0 Å². The molecule has 0 radical (unpaired) electrons. The lowest BCUT2D eigenvalue weighted by atomic mass is 9.83. The van der Waals surface area contributed by atoms with Crippen molar-refractivity contribution < 1.29 is 17.9 Å². The SMILES string of the molecule is COc1ccc(C(C)(C)C#N)c(C(F)(F)F)c1. The molecule has 0 atom stereocenters. The summed E-state index contributed by atoms with van der Waals surface area (Å²) in [5.41, 5.74) is -2.08. The molecule has 5 heteroatoms. The number of hydrogen-bond donors (Lipinski definition) is 0. The minimum Gasteiger partial charge on any atom is -0.497 e. The molecule has 0 aliphatic rings. The molecule has 0 heterocycles. The Morgan fingerprint density at radius 1 is 1.18 bits per heavy atom. The average molecular weight is 243 g/mol. The van der Waals surface area contributed by atoms with Crippen LogP contribution >= 0.6 is 0 Å². The van der Waals surface area contributed by atoms with Gasteiger partial charge in [-0.2, -0.15) is 18.4 Å². The van der Waals surface area contributed by atoms with E-state index >= 15 is 0 Å². The van der Waals surface area contributed by atoms with Gasteiger partial charge in [0.05, 0.1) is 24.2 Å². The van der Waals surface area contributed by atoms with Crippen molar-refractivity contribution in [2.45, 2.75) is 25.4 Å². The zero-order chi connectivity index (χ0) is 13.3. The molecule has 1 rings (SSSR count). The summed E-state index contributed by atoms with van der Waals surface area (Å²) in [5, 5.41) is 8.92. The highest BCUT2D eigenvalue weighted by atomic mass is 19.4. The van der Waals surface area contributed by atoms with Gasteiger partial charge in [0.1, 0.15) is 5.75 Å². The third kappa shape index (κ3) is 2.70. The van der Waals surface area contributed by atoms with E-state index in [9.17, 15) is 13.2 Å². The molecule has 0 amide bonds. The van der Waals surface area contributed by atoms with Gasteiger partial charge in [-0.1, -0.05) is 6.07 Å². The van der Waals surface area contributed by atoms with Gasteiger partial charge in [-0.15, -0.1) is 0 Å². The molecule has 0 saturated heterocycles. The predicted molar refractivity (Wildman–Crippen MR) is 56.6 cm³/mol. The summed E-state index contributed by atoms with van der Waals surface area (Å²) in [6, 6.07) is 5.48. The number of nitrogens with zero attached hydrogens (tertiary/aromatic N) is 1. The first kappa shape index (κ1) is 13.4. The van der Waals surface area contributed by atoms with Crippen LogP contribution in [-0.4, -0.2) is 7.11 Å². The van der Waals surface area contributed by atoms with Crippen molar-refractivity contribution in [3.8, 4) is 11.8 Å². The molecule has 1 aromatic carbocycles. The molecule has 0 fully saturated rings.